The lowest BCUT2D eigenvalue weighted by atomic mass is 10.2. The second-order valence-corrected chi connectivity index (χ2v) is 6.41. The third kappa shape index (κ3) is 3.97. The van der Waals surface area contributed by atoms with Gasteiger partial charge in [-0.3, -0.25) is 0 Å². The molecule has 0 aliphatic carbocycles. The zero-order valence-electron chi connectivity index (χ0n) is 13.8. The van der Waals surface area contributed by atoms with Crippen LogP contribution in [-0.4, -0.2) is 48.7 Å². The van der Waals surface area contributed by atoms with Crippen LogP contribution < -0.4 is 15.0 Å². The van der Waals surface area contributed by atoms with Crippen molar-refractivity contribution in [1.29, 1.82) is 0 Å². The minimum atomic E-state index is -0.0351. The highest BCUT2D eigenvalue weighted by Crippen LogP contribution is 2.22. The fourth-order valence-corrected chi connectivity index (χ4v) is 3.47. The summed E-state index contributed by atoms with van der Waals surface area (Å²) >= 11 is 1.74. The molecule has 24 heavy (non-hydrogen) atoms. The largest absolute Gasteiger partial charge is 0.478 e. The van der Waals surface area contributed by atoms with Gasteiger partial charge in [0.1, 0.15) is 0 Å². The highest BCUT2D eigenvalue weighted by molar-refractivity contribution is 7.14. The van der Waals surface area contributed by atoms with E-state index in [-0.39, 0.29) is 6.03 Å². The van der Waals surface area contributed by atoms with Gasteiger partial charge >= 0.3 is 6.03 Å². The van der Waals surface area contributed by atoms with Gasteiger partial charge in [0, 0.05) is 44.5 Å². The number of hydrogen-bond acceptors (Lipinski definition) is 5. The van der Waals surface area contributed by atoms with E-state index in [1.807, 2.05) is 24.0 Å². The van der Waals surface area contributed by atoms with Crippen LogP contribution in [-0.2, 0) is 6.54 Å². The van der Waals surface area contributed by atoms with Gasteiger partial charge in [-0.25, -0.2) is 9.78 Å². The SMILES string of the molecule is CCOc1ncccc1CNC(=O)N1CCN(c2cccs2)CC1. The maximum Gasteiger partial charge on any atom is 0.317 e. The van der Waals surface area contributed by atoms with Gasteiger partial charge < -0.3 is 19.9 Å². The van der Waals surface area contributed by atoms with E-state index in [9.17, 15) is 4.79 Å². The molecule has 0 bridgehead atoms. The van der Waals surface area contributed by atoms with Crippen molar-refractivity contribution < 1.29 is 9.53 Å². The fourth-order valence-electron chi connectivity index (χ4n) is 2.69. The van der Waals surface area contributed by atoms with Crippen LogP contribution in [0.4, 0.5) is 9.80 Å². The summed E-state index contributed by atoms with van der Waals surface area (Å²) in [5, 5.41) is 6.32. The average molecular weight is 346 g/mol. The lowest BCUT2D eigenvalue weighted by Gasteiger charge is -2.35. The van der Waals surface area contributed by atoms with Crippen LogP contribution in [0.3, 0.4) is 0 Å². The molecule has 7 heteroatoms. The number of nitrogens with zero attached hydrogens (tertiary/aromatic N) is 3. The highest BCUT2D eigenvalue weighted by Gasteiger charge is 2.21. The lowest BCUT2D eigenvalue weighted by molar-refractivity contribution is 0.194. The first-order valence-corrected chi connectivity index (χ1v) is 9.04. The number of hydrogen-bond donors (Lipinski definition) is 1. The highest BCUT2D eigenvalue weighted by atomic mass is 32.1. The summed E-state index contributed by atoms with van der Waals surface area (Å²) in [7, 11) is 0. The van der Waals surface area contributed by atoms with Crippen LogP contribution in [0.1, 0.15) is 12.5 Å². The number of rotatable bonds is 5. The summed E-state index contributed by atoms with van der Waals surface area (Å²) in [6, 6.07) is 7.92. The number of ether oxygens (including phenoxy) is 1. The Hall–Kier alpha value is -2.28. The van der Waals surface area contributed by atoms with E-state index in [0.717, 1.165) is 31.7 Å². The number of amides is 2. The molecule has 0 aromatic carbocycles. The number of pyridine rings is 1. The molecule has 6 nitrogen and oxygen atoms in total. The van der Waals surface area contributed by atoms with Crippen LogP contribution in [0, 0.1) is 0 Å². The molecule has 128 valence electrons. The number of carbonyl (C=O) groups is 1. The third-order valence-electron chi connectivity index (χ3n) is 3.95. The quantitative estimate of drug-likeness (QED) is 0.904. The molecule has 1 aliphatic heterocycles. The van der Waals surface area contributed by atoms with Crippen molar-refractivity contribution in [3.63, 3.8) is 0 Å². The van der Waals surface area contributed by atoms with Gasteiger partial charge in [0.15, 0.2) is 0 Å². The Labute approximate surface area is 146 Å². The summed E-state index contributed by atoms with van der Waals surface area (Å²) < 4.78 is 5.49. The van der Waals surface area contributed by atoms with E-state index in [4.69, 9.17) is 4.74 Å². The Kier molecular flexibility index (Phi) is 5.53. The zero-order valence-corrected chi connectivity index (χ0v) is 14.6. The van der Waals surface area contributed by atoms with Crippen LogP contribution in [0.5, 0.6) is 5.88 Å². The number of nitrogens with one attached hydrogen (secondary N) is 1. The summed E-state index contributed by atoms with van der Waals surface area (Å²) in [5.74, 6) is 0.586. The monoisotopic (exact) mass is 346 g/mol. The fraction of sp³-hybridized carbons (Fsp3) is 0.412. The van der Waals surface area contributed by atoms with Crippen molar-refractivity contribution >= 4 is 22.4 Å². The number of anilines is 1. The van der Waals surface area contributed by atoms with Crippen LogP contribution in [0.2, 0.25) is 0 Å². The van der Waals surface area contributed by atoms with Crippen molar-refractivity contribution in [1.82, 2.24) is 15.2 Å². The Bertz CT molecular complexity index is 654. The maximum atomic E-state index is 12.4. The Morgan fingerprint density at radius 3 is 2.83 bits per heavy atom. The van der Waals surface area contributed by atoms with Crippen molar-refractivity contribution in [2.75, 3.05) is 37.7 Å². The molecule has 2 aromatic heterocycles. The molecule has 1 aliphatic rings. The van der Waals surface area contributed by atoms with Crippen molar-refractivity contribution in [3.8, 4) is 5.88 Å². The van der Waals surface area contributed by atoms with Gasteiger partial charge in [0.25, 0.3) is 0 Å². The topological polar surface area (TPSA) is 57.7 Å². The van der Waals surface area contributed by atoms with Gasteiger partial charge in [-0.05, 0) is 30.5 Å². The Morgan fingerprint density at radius 2 is 2.12 bits per heavy atom. The molecule has 0 atom stereocenters. The number of aromatic nitrogens is 1. The maximum absolute atomic E-state index is 12.4. The van der Waals surface area contributed by atoms with Crippen molar-refractivity contribution in [2.24, 2.45) is 0 Å². The van der Waals surface area contributed by atoms with E-state index < -0.39 is 0 Å². The number of thiophene rings is 1. The molecule has 1 saturated heterocycles. The lowest BCUT2D eigenvalue weighted by Crippen LogP contribution is -2.51. The van der Waals surface area contributed by atoms with Gasteiger partial charge in [-0.2, -0.15) is 0 Å². The minimum Gasteiger partial charge on any atom is -0.478 e. The summed E-state index contributed by atoms with van der Waals surface area (Å²) in [6.45, 7) is 6.10. The zero-order chi connectivity index (χ0) is 16.8. The van der Waals surface area contributed by atoms with Gasteiger partial charge in [-0.1, -0.05) is 6.07 Å². The average Bonchev–Trinajstić information content (AvgIpc) is 3.16. The summed E-state index contributed by atoms with van der Waals surface area (Å²) in [6.07, 6.45) is 1.69. The molecule has 1 fully saturated rings. The molecule has 3 heterocycles. The molecule has 0 saturated carbocycles. The molecular weight excluding hydrogens is 324 g/mol. The van der Waals surface area contributed by atoms with E-state index >= 15 is 0 Å². The standard InChI is InChI=1S/C17H22N4O2S/c1-2-23-16-14(5-3-7-18-16)13-19-17(22)21-10-8-20(9-11-21)15-6-4-12-24-15/h3-7,12H,2,8-11,13H2,1H3,(H,19,22). The smallest absolute Gasteiger partial charge is 0.317 e. The molecule has 1 N–H and O–H groups in total. The Morgan fingerprint density at radius 1 is 1.29 bits per heavy atom. The van der Waals surface area contributed by atoms with E-state index in [1.165, 1.54) is 5.00 Å². The molecule has 3 rings (SSSR count). The molecule has 0 unspecified atom stereocenters. The molecule has 0 spiro atoms. The summed E-state index contributed by atoms with van der Waals surface area (Å²) in [5.41, 5.74) is 0.893. The predicted molar refractivity (Wildman–Crippen MR) is 95.7 cm³/mol. The van der Waals surface area contributed by atoms with Crippen molar-refractivity contribution in [3.05, 3.63) is 41.4 Å². The molecule has 0 radical (unpaired) electrons. The number of piperazine rings is 1. The van der Waals surface area contributed by atoms with Gasteiger partial charge in [0.2, 0.25) is 5.88 Å². The van der Waals surface area contributed by atoms with Crippen molar-refractivity contribution in [2.45, 2.75) is 13.5 Å². The Balaban J connectivity index is 1.50. The van der Waals surface area contributed by atoms with Crippen LogP contribution in [0.15, 0.2) is 35.8 Å². The number of carbonyl (C=O) groups excluding carboxylic acids is 1. The first-order valence-electron chi connectivity index (χ1n) is 8.16. The normalized spacial score (nSPS) is 14.5. The van der Waals surface area contributed by atoms with E-state index in [2.05, 4.69) is 32.7 Å². The van der Waals surface area contributed by atoms with E-state index in [1.54, 1.807) is 17.5 Å². The molecular formula is C17H22N4O2S. The first kappa shape index (κ1) is 16.6. The van der Waals surface area contributed by atoms with Gasteiger partial charge in [-0.15, -0.1) is 11.3 Å². The second kappa shape index (κ2) is 8.01. The van der Waals surface area contributed by atoms with Crippen LogP contribution in [0.25, 0.3) is 0 Å². The van der Waals surface area contributed by atoms with E-state index in [0.29, 0.717) is 19.0 Å². The first-order chi connectivity index (χ1) is 11.8. The predicted octanol–water partition coefficient (Wildman–Crippen LogP) is 2.57. The van der Waals surface area contributed by atoms with Crippen LogP contribution >= 0.6 is 11.3 Å². The minimum absolute atomic E-state index is 0.0351. The van der Waals surface area contributed by atoms with Gasteiger partial charge in [0.05, 0.1) is 11.6 Å². The second-order valence-electron chi connectivity index (χ2n) is 5.48. The number of urea groups is 1. The third-order valence-corrected chi connectivity index (χ3v) is 4.87. The summed E-state index contributed by atoms with van der Waals surface area (Å²) in [4.78, 5) is 20.8. The molecule has 2 amide bonds. The molecule has 2 aromatic rings.